The van der Waals surface area contributed by atoms with Gasteiger partial charge in [-0.25, -0.2) is 0 Å². The van der Waals surface area contributed by atoms with Crippen molar-refractivity contribution >= 4 is 11.5 Å². The number of nitrogens with zero attached hydrogens (tertiary/aromatic N) is 3. The van der Waals surface area contributed by atoms with Crippen LogP contribution < -0.4 is 0 Å². The molecule has 5 rings (SSSR count). The van der Waals surface area contributed by atoms with Gasteiger partial charge in [0.2, 0.25) is 5.91 Å². The first-order chi connectivity index (χ1) is 13.7. The number of pyridine rings is 1. The summed E-state index contributed by atoms with van der Waals surface area (Å²) in [5.41, 5.74) is 6.42. The minimum Gasteiger partial charge on any atom is -0.336 e. The van der Waals surface area contributed by atoms with Crippen LogP contribution in [-0.2, 0) is 17.6 Å². The fourth-order valence-electron chi connectivity index (χ4n) is 4.96. The highest BCUT2D eigenvalue weighted by Gasteiger charge is 2.41. The van der Waals surface area contributed by atoms with Crippen LogP contribution in [0.25, 0.3) is 5.57 Å². The zero-order chi connectivity index (χ0) is 19.1. The third-order valence-electron chi connectivity index (χ3n) is 6.72. The Morgan fingerprint density at radius 2 is 2.04 bits per heavy atom. The van der Waals surface area contributed by atoms with E-state index in [1.165, 1.54) is 40.8 Å². The number of carbonyl (C=O) groups excluding carboxylic acids is 1. The molecular formula is C23H28N4O. The number of hydrogen-bond acceptors (Lipinski definition) is 3. The van der Waals surface area contributed by atoms with Crippen LogP contribution in [0.5, 0.6) is 0 Å². The molecule has 146 valence electrons. The van der Waals surface area contributed by atoms with Gasteiger partial charge in [0.15, 0.2) is 0 Å². The molecule has 0 spiro atoms. The van der Waals surface area contributed by atoms with Crippen molar-refractivity contribution in [2.75, 3.05) is 0 Å². The third-order valence-corrected chi connectivity index (χ3v) is 6.72. The molecule has 2 aromatic heterocycles. The van der Waals surface area contributed by atoms with Gasteiger partial charge in [0.25, 0.3) is 0 Å². The minimum absolute atomic E-state index is 0.132. The van der Waals surface area contributed by atoms with Gasteiger partial charge in [-0.05, 0) is 86.6 Å². The molecule has 2 atom stereocenters. The van der Waals surface area contributed by atoms with Crippen LogP contribution in [0.15, 0.2) is 30.7 Å². The summed E-state index contributed by atoms with van der Waals surface area (Å²) in [5.74, 6) is 0.518. The predicted octanol–water partition coefficient (Wildman–Crippen LogP) is 3.85. The Morgan fingerprint density at radius 3 is 2.79 bits per heavy atom. The number of fused-ring (bicyclic) bond motifs is 1. The van der Waals surface area contributed by atoms with Crippen molar-refractivity contribution in [1.29, 1.82) is 0 Å². The number of H-pyrrole nitrogens is 1. The van der Waals surface area contributed by atoms with E-state index in [0.717, 1.165) is 38.5 Å². The lowest BCUT2D eigenvalue weighted by atomic mass is 9.84. The lowest BCUT2D eigenvalue weighted by molar-refractivity contribution is -0.139. The van der Waals surface area contributed by atoms with E-state index >= 15 is 0 Å². The van der Waals surface area contributed by atoms with Crippen LogP contribution in [0, 0.1) is 12.8 Å². The summed E-state index contributed by atoms with van der Waals surface area (Å²) in [4.78, 5) is 20.1. The van der Waals surface area contributed by atoms with Gasteiger partial charge in [-0.1, -0.05) is 6.08 Å². The second kappa shape index (κ2) is 7.19. The molecule has 0 radical (unpaired) electrons. The number of amides is 1. The first-order valence-corrected chi connectivity index (χ1v) is 10.6. The number of allylic oxidation sites excluding steroid dienone is 2. The second-order valence-corrected chi connectivity index (χ2v) is 8.64. The second-order valence-electron chi connectivity index (χ2n) is 8.64. The summed E-state index contributed by atoms with van der Waals surface area (Å²) in [6.45, 7) is 2.14. The number of nitrogens with one attached hydrogen (secondary N) is 1. The molecule has 2 aromatic rings. The smallest absolute Gasteiger partial charge is 0.226 e. The quantitative estimate of drug-likeness (QED) is 0.882. The van der Waals surface area contributed by atoms with Crippen molar-refractivity contribution in [3.63, 3.8) is 0 Å². The number of hydrogen-bond donors (Lipinski definition) is 1. The van der Waals surface area contributed by atoms with E-state index in [2.05, 4.69) is 39.1 Å². The van der Waals surface area contributed by atoms with Crippen LogP contribution in [-0.4, -0.2) is 38.1 Å². The summed E-state index contributed by atoms with van der Waals surface area (Å²) >= 11 is 0. The maximum absolute atomic E-state index is 13.5. The first kappa shape index (κ1) is 17.7. The van der Waals surface area contributed by atoms with Gasteiger partial charge in [0, 0.05) is 36.1 Å². The molecule has 0 aromatic carbocycles. The van der Waals surface area contributed by atoms with Gasteiger partial charge in [-0.3, -0.25) is 14.9 Å². The van der Waals surface area contributed by atoms with E-state index in [1.54, 1.807) is 0 Å². The van der Waals surface area contributed by atoms with Gasteiger partial charge >= 0.3 is 0 Å². The molecular weight excluding hydrogens is 348 g/mol. The van der Waals surface area contributed by atoms with Crippen molar-refractivity contribution in [3.05, 3.63) is 53.1 Å². The van der Waals surface area contributed by atoms with Gasteiger partial charge in [0.05, 0.1) is 6.20 Å². The van der Waals surface area contributed by atoms with Gasteiger partial charge in [0.1, 0.15) is 0 Å². The van der Waals surface area contributed by atoms with Gasteiger partial charge < -0.3 is 4.90 Å². The first-order valence-electron chi connectivity index (χ1n) is 10.6. The highest BCUT2D eigenvalue weighted by Crippen LogP contribution is 2.38. The molecule has 1 N–H and O–H groups in total. The van der Waals surface area contributed by atoms with Crippen molar-refractivity contribution in [2.24, 2.45) is 5.92 Å². The molecule has 0 aliphatic heterocycles. The Balaban J connectivity index is 1.31. The van der Waals surface area contributed by atoms with E-state index in [1.807, 2.05) is 18.6 Å². The van der Waals surface area contributed by atoms with Crippen molar-refractivity contribution in [2.45, 2.75) is 70.4 Å². The molecule has 3 aliphatic carbocycles. The van der Waals surface area contributed by atoms with Crippen LogP contribution in [0.2, 0.25) is 0 Å². The van der Waals surface area contributed by atoms with E-state index in [0.29, 0.717) is 18.0 Å². The lowest BCUT2D eigenvalue weighted by Gasteiger charge is -2.37. The molecule has 2 heterocycles. The van der Waals surface area contributed by atoms with E-state index in [-0.39, 0.29) is 5.92 Å². The van der Waals surface area contributed by atoms with Gasteiger partial charge in [-0.15, -0.1) is 0 Å². The molecule has 1 fully saturated rings. The summed E-state index contributed by atoms with van der Waals surface area (Å²) in [6.07, 6.45) is 16.2. The Labute approximate surface area is 166 Å². The highest BCUT2D eigenvalue weighted by molar-refractivity contribution is 5.82. The molecule has 0 saturated heterocycles. The standard InChI is InChI=1S/C23H28N4O/c1-15-10-11-24-14-21(15)16-2-4-17(5-3-16)23(28)27(19-6-7-19)20-8-9-22-18(12-20)13-25-26-22/h2,10-11,13-14,17,19-20H,3-9,12H2,1H3,(H,25,26). The van der Waals surface area contributed by atoms with E-state index in [4.69, 9.17) is 0 Å². The van der Waals surface area contributed by atoms with Crippen LogP contribution in [0.3, 0.4) is 0 Å². The number of aromatic nitrogens is 3. The topological polar surface area (TPSA) is 61.9 Å². The Hall–Kier alpha value is -2.43. The van der Waals surface area contributed by atoms with Gasteiger partial charge in [-0.2, -0.15) is 5.10 Å². The molecule has 3 aliphatic rings. The average Bonchev–Trinajstić information content (AvgIpc) is 3.44. The maximum atomic E-state index is 13.5. The molecule has 28 heavy (non-hydrogen) atoms. The highest BCUT2D eigenvalue weighted by atomic mass is 16.2. The average molecular weight is 377 g/mol. The predicted molar refractivity (Wildman–Crippen MR) is 109 cm³/mol. The minimum atomic E-state index is 0.132. The molecule has 5 heteroatoms. The monoisotopic (exact) mass is 376 g/mol. The van der Waals surface area contributed by atoms with E-state index in [9.17, 15) is 4.79 Å². The largest absolute Gasteiger partial charge is 0.336 e. The van der Waals surface area contributed by atoms with Crippen molar-refractivity contribution in [1.82, 2.24) is 20.1 Å². The van der Waals surface area contributed by atoms with Crippen LogP contribution in [0.1, 0.15) is 60.9 Å². The number of aryl methyl sites for hydroxylation is 2. The SMILES string of the molecule is Cc1ccncc1C1=CCC(C(=O)N(C2CC2)C2CCc3[nH]ncc3C2)CC1. The lowest BCUT2D eigenvalue weighted by Crippen LogP contribution is -2.47. The third kappa shape index (κ3) is 3.27. The summed E-state index contributed by atoms with van der Waals surface area (Å²) in [7, 11) is 0. The fourth-order valence-corrected chi connectivity index (χ4v) is 4.96. The normalized spacial score (nSPS) is 24.4. The number of carbonyl (C=O) groups is 1. The Kier molecular flexibility index (Phi) is 4.53. The summed E-state index contributed by atoms with van der Waals surface area (Å²) in [6, 6.07) is 2.88. The molecule has 2 unspecified atom stereocenters. The fraction of sp³-hybridized carbons (Fsp3) is 0.522. The molecule has 1 amide bonds. The van der Waals surface area contributed by atoms with Crippen LogP contribution >= 0.6 is 0 Å². The molecule has 5 nitrogen and oxygen atoms in total. The summed E-state index contributed by atoms with van der Waals surface area (Å²) in [5, 5.41) is 7.31. The number of rotatable bonds is 4. The molecule has 1 saturated carbocycles. The Morgan fingerprint density at radius 1 is 1.14 bits per heavy atom. The zero-order valence-electron chi connectivity index (χ0n) is 16.5. The van der Waals surface area contributed by atoms with Crippen molar-refractivity contribution in [3.8, 4) is 0 Å². The molecule has 0 bridgehead atoms. The number of aromatic amines is 1. The summed E-state index contributed by atoms with van der Waals surface area (Å²) < 4.78 is 0. The van der Waals surface area contributed by atoms with Crippen molar-refractivity contribution < 1.29 is 4.79 Å². The Bertz CT molecular complexity index is 911. The zero-order valence-corrected chi connectivity index (χ0v) is 16.5. The maximum Gasteiger partial charge on any atom is 0.226 e. The van der Waals surface area contributed by atoms with E-state index < -0.39 is 0 Å². The van der Waals surface area contributed by atoms with Crippen LogP contribution in [0.4, 0.5) is 0 Å².